The van der Waals surface area contributed by atoms with E-state index in [1.54, 1.807) is 6.92 Å². The predicted molar refractivity (Wildman–Crippen MR) is 101 cm³/mol. The molecule has 0 radical (unpaired) electrons. The molecule has 0 unspecified atom stereocenters. The van der Waals surface area contributed by atoms with Gasteiger partial charge < -0.3 is 14.8 Å². The van der Waals surface area contributed by atoms with Crippen LogP contribution in [0.1, 0.15) is 46.6 Å². The minimum Gasteiger partial charge on any atom is -0.466 e. The molecule has 6 heteroatoms. The lowest BCUT2D eigenvalue weighted by atomic mass is 9.96. The molecule has 1 rings (SSSR count). The number of rotatable bonds is 7. The van der Waals surface area contributed by atoms with E-state index in [4.69, 9.17) is 9.47 Å². The summed E-state index contributed by atoms with van der Waals surface area (Å²) in [4.78, 5) is 24.1. The van der Waals surface area contributed by atoms with Gasteiger partial charge in [0.2, 0.25) is 0 Å². The molecule has 1 aromatic carbocycles. The van der Waals surface area contributed by atoms with Gasteiger partial charge in [0.1, 0.15) is 5.60 Å². The van der Waals surface area contributed by atoms with Crippen molar-refractivity contribution in [2.75, 3.05) is 6.61 Å². The molecule has 25 heavy (non-hydrogen) atoms. The first-order chi connectivity index (χ1) is 11.6. The average Bonchev–Trinajstić information content (AvgIpc) is 2.47. The molecular formula is C19H28BrNO4. The van der Waals surface area contributed by atoms with Crippen LogP contribution in [0.4, 0.5) is 4.79 Å². The molecule has 2 atom stereocenters. The van der Waals surface area contributed by atoms with Gasteiger partial charge >= 0.3 is 12.1 Å². The highest BCUT2D eigenvalue weighted by Crippen LogP contribution is 2.17. The summed E-state index contributed by atoms with van der Waals surface area (Å²) < 4.78 is 11.4. The topological polar surface area (TPSA) is 64.6 Å². The summed E-state index contributed by atoms with van der Waals surface area (Å²) in [7, 11) is 0. The molecule has 0 aliphatic carbocycles. The van der Waals surface area contributed by atoms with Gasteiger partial charge in [0, 0.05) is 10.5 Å². The van der Waals surface area contributed by atoms with Gasteiger partial charge in [-0.15, -0.1) is 0 Å². The molecule has 1 amide bonds. The fourth-order valence-corrected chi connectivity index (χ4v) is 2.64. The minimum atomic E-state index is -0.570. The molecule has 0 fully saturated rings. The largest absolute Gasteiger partial charge is 0.466 e. The number of halogens is 1. The Kier molecular flexibility index (Phi) is 8.42. The minimum absolute atomic E-state index is 0.226. The third-order valence-corrected chi connectivity index (χ3v) is 3.97. The summed E-state index contributed by atoms with van der Waals surface area (Å²) in [6.45, 7) is 9.39. The standard InChI is InChI=1S/C19H28BrNO4/c1-6-24-17(22)13(2)11-16(21-18(23)25-19(3,4)5)12-14-7-9-15(20)10-8-14/h7-10,13,16H,6,11-12H2,1-5H3,(H,21,23)/t13-,16+/m1/s1. The van der Waals surface area contributed by atoms with E-state index in [-0.39, 0.29) is 17.9 Å². The van der Waals surface area contributed by atoms with Crippen LogP contribution < -0.4 is 5.32 Å². The van der Waals surface area contributed by atoms with E-state index in [9.17, 15) is 9.59 Å². The summed E-state index contributed by atoms with van der Waals surface area (Å²) in [5.41, 5.74) is 0.499. The van der Waals surface area contributed by atoms with Gasteiger partial charge in [-0.05, 0) is 58.2 Å². The molecule has 0 aliphatic heterocycles. The van der Waals surface area contributed by atoms with Crippen molar-refractivity contribution in [1.82, 2.24) is 5.32 Å². The Morgan fingerprint density at radius 2 is 1.80 bits per heavy atom. The number of alkyl carbamates (subject to hydrolysis) is 1. The number of nitrogens with one attached hydrogen (secondary N) is 1. The van der Waals surface area contributed by atoms with E-state index >= 15 is 0 Å². The third-order valence-electron chi connectivity index (χ3n) is 3.44. The number of hydrogen-bond donors (Lipinski definition) is 1. The number of carbonyl (C=O) groups is 2. The van der Waals surface area contributed by atoms with E-state index < -0.39 is 11.7 Å². The van der Waals surface area contributed by atoms with Crippen LogP contribution in [-0.2, 0) is 20.7 Å². The average molecular weight is 414 g/mol. The molecule has 0 saturated heterocycles. The summed E-state index contributed by atoms with van der Waals surface area (Å²) in [5, 5.41) is 2.88. The molecule has 0 aromatic heterocycles. The molecule has 0 spiro atoms. The van der Waals surface area contributed by atoms with E-state index in [1.807, 2.05) is 52.0 Å². The Morgan fingerprint density at radius 1 is 1.20 bits per heavy atom. The van der Waals surface area contributed by atoms with Crippen LogP contribution >= 0.6 is 15.9 Å². The number of ether oxygens (including phenoxy) is 2. The van der Waals surface area contributed by atoms with Gasteiger partial charge in [-0.2, -0.15) is 0 Å². The highest BCUT2D eigenvalue weighted by Gasteiger charge is 2.24. The lowest BCUT2D eigenvalue weighted by Gasteiger charge is -2.25. The maximum absolute atomic E-state index is 12.1. The number of esters is 1. The van der Waals surface area contributed by atoms with E-state index in [0.717, 1.165) is 10.0 Å². The number of amides is 1. The summed E-state index contributed by atoms with van der Waals surface area (Å²) in [5.74, 6) is -0.565. The molecule has 140 valence electrons. The van der Waals surface area contributed by atoms with Gasteiger partial charge in [-0.25, -0.2) is 4.79 Å². The Bertz CT molecular complexity index is 566. The van der Waals surface area contributed by atoms with E-state index in [1.165, 1.54) is 0 Å². The summed E-state index contributed by atoms with van der Waals surface area (Å²) in [6, 6.07) is 7.66. The lowest BCUT2D eigenvalue weighted by molar-refractivity contribution is -0.147. The van der Waals surface area contributed by atoms with Gasteiger partial charge in [0.25, 0.3) is 0 Å². The Morgan fingerprint density at radius 3 is 2.32 bits per heavy atom. The first-order valence-corrected chi connectivity index (χ1v) is 9.30. The molecule has 5 nitrogen and oxygen atoms in total. The summed E-state index contributed by atoms with van der Waals surface area (Å²) in [6.07, 6.45) is 0.607. The zero-order valence-corrected chi connectivity index (χ0v) is 17.2. The monoisotopic (exact) mass is 413 g/mol. The van der Waals surface area contributed by atoms with Gasteiger partial charge in [0.15, 0.2) is 0 Å². The zero-order chi connectivity index (χ0) is 19.0. The van der Waals surface area contributed by atoms with Crippen LogP contribution in [0.3, 0.4) is 0 Å². The Balaban J connectivity index is 2.79. The molecule has 1 aromatic rings. The van der Waals surface area contributed by atoms with Crippen LogP contribution in [0.5, 0.6) is 0 Å². The van der Waals surface area contributed by atoms with Crippen molar-refractivity contribution in [3.05, 3.63) is 34.3 Å². The van der Waals surface area contributed by atoms with Crippen LogP contribution in [0.15, 0.2) is 28.7 Å². The van der Waals surface area contributed by atoms with E-state index in [0.29, 0.717) is 19.4 Å². The van der Waals surface area contributed by atoms with Crippen molar-refractivity contribution in [3.63, 3.8) is 0 Å². The predicted octanol–water partition coefficient (Wildman–Crippen LogP) is 4.47. The van der Waals surface area contributed by atoms with E-state index in [2.05, 4.69) is 21.2 Å². The van der Waals surface area contributed by atoms with Crippen molar-refractivity contribution in [1.29, 1.82) is 0 Å². The first-order valence-electron chi connectivity index (χ1n) is 8.51. The fraction of sp³-hybridized carbons (Fsp3) is 0.579. The Labute approximate surface area is 158 Å². The highest BCUT2D eigenvalue weighted by atomic mass is 79.9. The zero-order valence-electron chi connectivity index (χ0n) is 15.6. The van der Waals surface area contributed by atoms with Crippen molar-refractivity contribution >= 4 is 28.0 Å². The molecule has 0 bridgehead atoms. The van der Waals surface area contributed by atoms with Crippen LogP contribution in [0, 0.1) is 5.92 Å². The quantitative estimate of drug-likeness (QED) is 0.669. The second kappa shape index (κ2) is 9.80. The second-order valence-corrected chi connectivity index (χ2v) is 7.98. The molecular weight excluding hydrogens is 386 g/mol. The van der Waals surface area contributed by atoms with Crippen LogP contribution in [0.25, 0.3) is 0 Å². The van der Waals surface area contributed by atoms with Crippen molar-refractivity contribution < 1.29 is 19.1 Å². The number of carbonyl (C=O) groups excluding carboxylic acids is 2. The maximum Gasteiger partial charge on any atom is 0.407 e. The lowest BCUT2D eigenvalue weighted by Crippen LogP contribution is -2.41. The van der Waals surface area contributed by atoms with Crippen molar-refractivity contribution in [3.8, 4) is 0 Å². The van der Waals surface area contributed by atoms with Gasteiger partial charge in [-0.3, -0.25) is 4.79 Å². The molecule has 1 N–H and O–H groups in total. The second-order valence-electron chi connectivity index (χ2n) is 7.06. The highest BCUT2D eigenvalue weighted by molar-refractivity contribution is 9.10. The maximum atomic E-state index is 12.1. The normalized spacial score (nSPS) is 13.7. The third kappa shape index (κ3) is 8.91. The fourth-order valence-electron chi connectivity index (χ4n) is 2.38. The molecule has 0 aliphatic rings. The molecule has 0 saturated carbocycles. The number of hydrogen-bond acceptors (Lipinski definition) is 4. The smallest absolute Gasteiger partial charge is 0.407 e. The first kappa shape index (κ1) is 21.5. The SMILES string of the molecule is CCOC(=O)[C@H](C)C[C@@H](Cc1ccc(Br)cc1)NC(=O)OC(C)(C)C. The number of benzene rings is 1. The summed E-state index contributed by atoms with van der Waals surface area (Å²) >= 11 is 3.41. The van der Waals surface area contributed by atoms with Crippen molar-refractivity contribution in [2.24, 2.45) is 5.92 Å². The molecule has 0 heterocycles. The van der Waals surface area contributed by atoms with Crippen LogP contribution in [0.2, 0.25) is 0 Å². The Hall–Kier alpha value is -1.56. The van der Waals surface area contributed by atoms with Gasteiger partial charge in [0.05, 0.1) is 12.5 Å². The van der Waals surface area contributed by atoms with Crippen LogP contribution in [-0.4, -0.2) is 30.3 Å². The van der Waals surface area contributed by atoms with Crippen molar-refractivity contribution in [2.45, 2.75) is 59.1 Å². The van der Waals surface area contributed by atoms with Gasteiger partial charge in [-0.1, -0.05) is 35.0 Å².